The van der Waals surface area contributed by atoms with Crippen LogP contribution in [0.3, 0.4) is 0 Å². The second-order valence-corrected chi connectivity index (χ2v) is 9.40. The number of halogens is 1. The first-order valence-electron chi connectivity index (χ1n) is 5.63. The van der Waals surface area contributed by atoms with Crippen LogP contribution in [0.1, 0.15) is 0 Å². The van der Waals surface area contributed by atoms with E-state index in [1.807, 2.05) is 6.07 Å². The van der Waals surface area contributed by atoms with Gasteiger partial charge >= 0.3 is 16.6 Å². The maximum atomic E-state index is 13.4. The third-order valence-corrected chi connectivity index (χ3v) is 7.03. The van der Waals surface area contributed by atoms with Crippen molar-refractivity contribution in [3.8, 4) is 17.0 Å². The Labute approximate surface area is 114 Å². The van der Waals surface area contributed by atoms with Gasteiger partial charge < -0.3 is 3.79 Å². The highest BCUT2D eigenvalue weighted by Crippen LogP contribution is 2.32. The Balaban J connectivity index is 2.40. The van der Waals surface area contributed by atoms with E-state index in [-0.39, 0.29) is 5.82 Å². The number of rotatable bonds is 1. The van der Waals surface area contributed by atoms with Crippen LogP contribution < -0.4 is 14.3 Å². The maximum absolute atomic E-state index is 13.4. The average Bonchev–Trinajstić information content (AvgIpc) is 2.59. The fourth-order valence-electron chi connectivity index (χ4n) is 2.51. The molecule has 1 aliphatic rings. The first-order valence-corrected chi connectivity index (χ1v) is 9.21. The summed E-state index contributed by atoms with van der Waals surface area (Å²) in [6, 6.07) is 3.43. The number of hydrogen-bond donors (Lipinski definition) is 0. The normalized spacial score (nSPS) is 15.1. The van der Waals surface area contributed by atoms with Gasteiger partial charge in [0.15, 0.2) is 0 Å². The molecule has 6 heteroatoms. The summed E-state index contributed by atoms with van der Waals surface area (Å²) in [7, 11) is -1.95. The molecule has 0 aromatic carbocycles. The van der Waals surface area contributed by atoms with Crippen molar-refractivity contribution in [2.75, 3.05) is 0 Å². The first-order chi connectivity index (χ1) is 8.55. The zero-order valence-electron chi connectivity index (χ0n) is 10.2. The van der Waals surface area contributed by atoms with Gasteiger partial charge in [-0.05, 0) is 17.3 Å². The van der Waals surface area contributed by atoms with Gasteiger partial charge in [-0.25, -0.2) is 4.39 Å². The molecule has 2 aromatic rings. The van der Waals surface area contributed by atoms with E-state index in [0.717, 1.165) is 27.5 Å². The lowest BCUT2D eigenvalue weighted by molar-refractivity contribution is 0.616. The minimum absolute atomic E-state index is 0.289. The lowest BCUT2D eigenvalue weighted by Gasteiger charge is -2.17. The van der Waals surface area contributed by atoms with E-state index in [2.05, 4.69) is 23.1 Å². The van der Waals surface area contributed by atoms with Crippen LogP contribution >= 0.6 is 0 Å². The fourth-order valence-corrected chi connectivity index (χ4v) is 5.55. The molecule has 18 heavy (non-hydrogen) atoms. The molecule has 0 spiro atoms. The smallest absolute Gasteiger partial charge is 0.494 e. The molecule has 89 valence electrons. The molecule has 0 unspecified atom stereocenters. The highest BCUT2D eigenvalue weighted by Gasteiger charge is 2.41. The van der Waals surface area contributed by atoms with Gasteiger partial charge in [-0.3, -0.25) is 9.97 Å². The Morgan fingerprint density at radius 1 is 1.33 bits per heavy atom. The summed E-state index contributed by atoms with van der Waals surface area (Å²) in [5.41, 5.74) is 1.77. The number of aromatic nitrogens is 2. The van der Waals surface area contributed by atoms with E-state index >= 15 is 0 Å². The van der Waals surface area contributed by atoms with Crippen molar-refractivity contribution in [3.05, 3.63) is 30.3 Å². The molecule has 0 bridgehead atoms. The lowest BCUT2D eigenvalue weighted by Crippen LogP contribution is -2.50. The highest BCUT2D eigenvalue weighted by molar-refractivity contribution is 7.03. The second-order valence-electron chi connectivity index (χ2n) is 4.85. The largest absolute Gasteiger partial charge is 0.650 e. The minimum atomic E-state index is -1.95. The summed E-state index contributed by atoms with van der Waals surface area (Å²) >= 11 is 1.43. The third-order valence-electron chi connectivity index (χ3n) is 3.42. The Morgan fingerprint density at radius 3 is 2.83 bits per heavy atom. The molecule has 0 atom stereocenters. The molecule has 0 saturated heterocycles. The van der Waals surface area contributed by atoms with Gasteiger partial charge in [-0.15, -0.1) is 0 Å². The Hall–Kier alpha value is -1.22. The molecule has 2 aromatic heterocycles. The molecule has 0 fully saturated rings. The molecule has 0 saturated carbocycles. The van der Waals surface area contributed by atoms with Crippen LogP contribution in [-0.4, -0.2) is 34.7 Å². The quantitative estimate of drug-likeness (QED) is 0.714. The van der Waals surface area contributed by atoms with Crippen LogP contribution in [0.5, 0.6) is 5.75 Å². The van der Waals surface area contributed by atoms with E-state index in [1.54, 1.807) is 12.3 Å². The van der Waals surface area contributed by atoms with Crippen molar-refractivity contribution >= 4 is 35.2 Å². The molecule has 3 heterocycles. The summed E-state index contributed by atoms with van der Waals surface area (Å²) in [4.78, 5) is 8.73. The Morgan fingerprint density at radius 2 is 2.11 bits per heavy atom. The zero-order chi connectivity index (χ0) is 12.9. The van der Waals surface area contributed by atoms with Crippen molar-refractivity contribution in [1.29, 1.82) is 0 Å². The molecule has 3 nitrogen and oxygen atoms in total. The Kier molecular flexibility index (Phi) is 2.56. The number of nitrogens with zero attached hydrogens (tertiary/aromatic N) is 2. The molecule has 1 aliphatic heterocycles. The summed E-state index contributed by atoms with van der Waals surface area (Å²) in [6.07, 6.45) is 3.01. The molecule has 3 rings (SSSR count). The van der Waals surface area contributed by atoms with E-state index in [9.17, 15) is 4.39 Å². The van der Waals surface area contributed by atoms with Gasteiger partial charge in [0.25, 0.3) is 0 Å². The van der Waals surface area contributed by atoms with Gasteiger partial charge in [0, 0.05) is 11.5 Å². The predicted molar refractivity (Wildman–Crippen MR) is 72.0 cm³/mol. The number of fused-ring (bicyclic) bond motifs is 3. The van der Waals surface area contributed by atoms with Crippen LogP contribution in [0.2, 0.25) is 13.1 Å². The molecule has 1 radical (unpaired) electrons. The van der Waals surface area contributed by atoms with Crippen molar-refractivity contribution in [3.63, 3.8) is 0 Å². The van der Waals surface area contributed by atoms with Crippen LogP contribution in [-0.2, 0) is 0 Å². The molecule has 0 aliphatic carbocycles. The highest BCUT2D eigenvalue weighted by atomic mass is 28.3. The predicted octanol–water partition coefficient (Wildman–Crippen LogP) is 0.613. The van der Waals surface area contributed by atoms with E-state index in [0.29, 0.717) is 0 Å². The molecular weight excluding hydrogens is 262 g/mol. The number of pyridine rings is 2. The first kappa shape index (κ1) is 11.8. The van der Waals surface area contributed by atoms with Crippen LogP contribution in [0.15, 0.2) is 24.5 Å². The topological polar surface area (TPSA) is 35.0 Å². The summed E-state index contributed by atoms with van der Waals surface area (Å²) in [5, 5.41) is 2.03. The fraction of sp³-hybridized carbons (Fsp3) is 0.167. The van der Waals surface area contributed by atoms with Crippen LogP contribution in [0.4, 0.5) is 4.39 Å². The van der Waals surface area contributed by atoms with Crippen molar-refractivity contribution in [2.24, 2.45) is 0 Å². The van der Waals surface area contributed by atoms with Crippen molar-refractivity contribution < 1.29 is 8.18 Å². The zero-order valence-corrected chi connectivity index (χ0v) is 12.6. The van der Waals surface area contributed by atoms with Gasteiger partial charge in [-0.2, -0.15) is 0 Å². The summed E-state index contributed by atoms with van der Waals surface area (Å²) in [5.74, 6) is 0.486. The third kappa shape index (κ3) is 1.46. The maximum Gasteiger partial charge on any atom is 0.494 e. The Bertz CT molecular complexity index is 644. The number of hydrogen-bond acceptors (Lipinski definition) is 3. The summed E-state index contributed by atoms with van der Waals surface area (Å²) in [6.45, 7) is 4.32. The average molecular weight is 273 g/mol. The minimum Gasteiger partial charge on any atom is -0.650 e. The van der Waals surface area contributed by atoms with E-state index < -0.39 is 8.07 Å². The SMILES string of the molecule is C[Si]1(C)c2cc(F)cnc2-c2c([O][AlH])ccnc21. The van der Waals surface area contributed by atoms with Crippen LogP contribution in [0, 0.1) is 5.82 Å². The molecule has 0 amide bonds. The lowest BCUT2D eigenvalue weighted by atomic mass is 10.2. The van der Waals surface area contributed by atoms with E-state index in [4.69, 9.17) is 3.79 Å². The van der Waals surface area contributed by atoms with Crippen molar-refractivity contribution in [1.82, 2.24) is 9.97 Å². The monoisotopic (exact) mass is 273 g/mol. The second kappa shape index (κ2) is 3.89. The van der Waals surface area contributed by atoms with Crippen molar-refractivity contribution in [2.45, 2.75) is 13.1 Å². The van der Waals surface area contributed by atoms with Gasteiger partial charge in [-0.1, -0.05) is 13.1 Å². The standard InChI is InChI=1S/C12H11FN2OSi.Al.H/c1-17(2)9-5-7(13)6-15-11(9)10-8(16)3-4-14-12(10)17;;/h3-6H,1-2H3,(H,14,16);;/q;+1;/p-1. The summed E-state index contributed by atoms with van der Waals surface area (Å²) < 4.78 is 18.8. The van der Waals surface area contributed by atoms with Gasteiger partial charge in [0.1, 0.15) is 13.9 Å². The molecular formula is C12H11AlFN2OSi. The van der Waals surface area contributed by atoms with Gasteiger partial charge in [0.05, 0.1) is 23.2 Å². The molecule has 0 N–H and O–H groups in total. The van der Waals surface area contributed by atoms with Gasteiger partial charge in [0.2, 0.25) is 0 Å². The van der Waals surface area contributed by atoms with E-state index in [1.165, 1.54) is 22.8 Å². The van der Waals surface area contributed by atoms with Crippen LogP contribution in [0.25, 0.3) is 11.3 Å².